The molecule has 0 aliphatic carbocycles. The molecule has 18 heavy (non-hydrogen) atoms. The lowest BCUT2D eigenvalue weighted by molar-refractivity contribution is 0.605. The molecule has 2 aromatic rings. The first-order valence-corrected chi connectivity index (χ1v) is 6.94. The molecule has 0 aromatic heterocycles. The highest BCUT2D eigenvalue weighted by molar-refractivity contribution is 9.10. The molecule has 1 atom stereocenters. The summed E-state index contributed by atoms with van der Waals surface area (Å²) in [5, 5.41) is -0.347. The van der Waals surface area contributed by atoms with E-state index in [9.17, 15) is 4.39 Å². The van der Waals surface area contributed by atoms with Crippen molar-refractivity contribution < 1.29 is 4.39 Å². The van der Waals surface area contributed by atoms with Crippen LogP contribution >= 0.6 is 27.5 Å². The minimum Gasteiger partial charge on any atom is -0.207 e. The number of hydrogen-bond donors (Lipinski definition) is 0. The number of benzene rings is 2. The Hall–Kier alpha value is -0.860. The number of aryl methyl sites for hydroxylation is 1. The maximum Gasteiger partial charge on any atom is 0.129 e. The van der Waals surface area contributed by atoms with Crippen molar-refractivity contribution in [2.24, 2.45) is 0 Å². The molecule has 0 bridgehead atoms. The van der Waals surface area contributed by atoms with E-state index in [2.05, 4.69) is 22.0 Å². The van der Waals surface area contributed by atoms with Crippen molar-refractivity contribution in [1.29, 1.82) is 0 Å². The van der Waals surface area contributed by atoms with Crippen LogP contribution < -0.4 is 0 Å². The van der Waals surface area contributed by atoms with Gasteiger partial charge in [0.1, 0.15) is 5.82 Å². The maximum absolute atomic E-state index is 13.8. The van der Waals surface area contributed by atoms with Gasteiger partial charge in [-0.2, -0.15) is 0 Å². The lowest BCUT2D eigenvalue weighted by Gasteiger charge is -2.11. The van der Waals surface area contributed by atoms with E-state index in [0.717, 1.165) is 10.0 Å². The molecule has 0 saturated heterocycles. The van der Waals surface area contributed by atoms with Crippen LogP contribution in [0.4, 0.5) is 4.39 Å². The van der Waals surface area contributed by atoms with Gasteiger partial charge in [-0.15, -0.1) is 11.6 Å². The highest BCUT2D eigenvalue weighted by Crippen LogP contribution is 2.29. The summed E-state index contributed by atoms with van der Waals surface area (Å²) in [6, 6.07) is 13.1. The largest absolute Gasteiger partial charge is 0.207 e. The maximum atomic E-state index is 13.8. The summed E-state index contributed by atoms with van der Waals surface area (Å²) in [6.07, 6.45) is 0.627. The molecular weight excluding hydrogens is 315 g/mol. The third-order valence-corrected chi connectivity index (χ3v) is 3.68. The number of hydrogen-bond acceptors (Lipinski definition) is 0. The molecule has 3 heteroatoms. The summed E-state index contributed by atoms with van der Waals surface area (Å²) in [5.41, 5.74) is 2.85. The van der Waals surface area contributed by atoms with Crippen molar-refractivity contribution in [3.8, 4) is 0 Å². The Balaban J connectivity index is 2.19. The van der Waals surface area contributed by atoms with Gasteiger partial charge in [0.05, 0.1) is 5.38 Å². The first kappa shape index (κ1) is 13.6. The Morgan fingerprint density at radius 3 is 2.67 bits per heavy atom. The van der Waals surface area contributed by atoms with E-state index in [0.29, 0.717) is 12.0 Å². The second-order valence-electron chi connectivity index (χ2n) is 4.33. The topological polar surface area (TPSA) is 0 Å². The van der Waals surface area contributed by atoms with Crippen LogP contribution in [0.1, 0.15) is 22.1 Å². The van der Waals surface area contributed by atoms with Crippen LogP contribution in [0.25, 0.3) is 0 Å². The highest BCUT2D eigenvalue weighted by atomic mass is 79.9. The third-order valence-electron chi connectivity index (χ3n) is 2.80. The molecule has 0 N–H and O–H groups in total. The van der Waals surface area contributed by atoms with E-state index in [1.807, 2.05) is 31.2 Å². The average molecular weight is 328 g/mol. The predicted molar refractivity (Wildman–Crippen MR) is 77.6 cm³/mol. The molecule has 2 aromatic carbocycles. The minimum absolute atomic E-state index is 0.267. The van der Waals surface area contributed by atoms with E-state index in [4.69, 9.17) is 11.6 Å². The molecule has 0 nitrogen and oxygen atoms in total. The van der Waals surface area contributed by atoms with E-state index in [1.54, 1.807) is 6.07 Å². The first-order valence-electron chi connectivity index (χ1n) is 5.71. The van der Waals surface area contributed by atoms with Crippen molar-refractivity contribution in [2.75, 3.05) is 0 Å². The van der Waals surface area contributed by atoms with E-state index in [1.165, 1.54) is 11.6 Å². The van der Waals surface area contributed by atoms with Crippen LogP contribution in [0.15, 0.2) is 46.9 Å². The number of rotatable bonds is 3. The van der Waals surface area contributed by atoms with Crippen molar-refractivity contribution in [3.05, 3.63) is 69.4 Å². The van der Waals surface area contributed by atoms with E-state index in [-0.39, 0.29) is 11.2 Å². The second-order valence-corrected chi connectivity index (χ2v) is 5.77. The fraction of sp³-hybridized carbons (Fsp3) is 0.200. The Morgan fingerprint density at radius 2 is 2.00 bits per heavy atom. The van der Waals surface area contributed by atoms with Crippen molar-refractivity contribution in [2.45, 2.75) is 18.7 Å². The molecule has 0 fully saturated rings. The molecule has 0 amide bonds. The average Bonchev–Trinajstić information content (AvgIpc) is 2.28. The summed E-state index contributed by atoms with van der Waals surface area (Å²) in [4.78, 5) is 0. The van der Waals surface area contributed by atoms with E-state index >= 15 is 0 Å². The Bertz CT molecular complexity index is 554. The molecular formula is C15H13BrClF. The standard InChI is InChI=1S/C15H13BrClF/c1-10-3-2-4-11(7-10)8-14(17)13-6-5-12(16)9-15(13)18/h2-7,9,14H,8H2,1H3. The molecule has 0 heterocycles. The SMILES string of the molecule is Cc1cccc(CC(Cl)c2ccc(Br)cc2F)c1. The molecule has 1 unspecified atom stereocenters. The summed E-state index contributed by atoms with van der Waals surface area (Å²) in [6.45, 7) is 2.03. The summed E-state index contributed by atoms with van der Waals surface area (Å²) in [7, 11) is 0. The quantitative estimate of drug-likeness (QED) is 0.660. The van der Waals surface area contributed by atoms with Gasteiger partial charge in [-0.05, 0) is 31.0 Å². The zero-order valence-corrected chi connectivity index (χ0v) is 12.3. The van der Waals surface area contributed by atoms with Gasteiger partial charge >= 0.3 is 0 Å². The first-order chi connectivity index (χ1) is 8.56. The summed E-state index contributed by atoms with van der Waals surface area (Å²) in [5.74, 6) is -0.267. The van der Waals surface area contributed by atoms with Gasteiger partial charge in [0.25, 0.3) is 0 Å². The smallest absolute Gasteiger partial charge is 0.129 e. The third kappa shape index (κ3) is 3.33. The molecule has 94 valence electrons. The fourth-order valence-corrected chi connectivity index (χ4v) is 2.60. The zero-order chi connectivity index (χ0) is 13.1. The molecule has 0 saturated carbocycles. The van der Waals surface area contributed by atoms with Crippen LogP contribution in [0.2, 0.25) is 0 Å². The van der Waals surface area contributed by atoms with Crippen molar-refractivity contribution in [1.82, 2.24) is 0 Å². The molecule has 0 spiro atoms. The number of alkyl halides is 1. The van der Waals surface area contributed by atoms with Gasteiger partial charge in [0, 0.05) is 10.0 Å². The lowest BCUT2D eigenvalue weighted by Crippen LogP contribution is -1.99. The normalized spacial score (nSPS) is 12.4. The molecule has 0 radical (unpaired) electrons. The van der Waals surface area contributed by atoms with Crippen LogP contribution in [-0.2, 0) is 6.42 Å². The number of halogens is 3. The lowest BCUT2D eigenvalue weighted by atomic mass is 10.0. The minimum atomic E-state index is -0.347. The summed E-state index contributed by atoms with van der Waals surface area (Å²) < 4.78 is 14.5. The molecule has 2 rings (SSSR count). The van der Waals surface area contributed by atoms with Gasteiger partial charge in [-0.1, -0.05) is 51.8 Å². The Kier molecular flexibility index (Phi) is 4.41. The fourth-order valence-electron chi connectivity index (χ4n) is 1.91. The Labute approximate surface area is 120 Å². The van der Waals surface area contributed by atoms with Crippen molar-refractivity contribution >= 4 is 27.5 Å². The van der Waals surface area contributed by atoms with Gasteiger partial charge in [-0.3, -0.25) is 0 Å². The van der Waals surface area contributed by atoms with Crippen LogP contribution in [0, 0.1) is 12.7 Å². The Morgan fingerprint density at radius 1 is 1.22 bits per heavy atom. The highest BCUT2D eigenvalue weighted by Gasteiger charge is 2.14. The van der Waals surface area contributed by atoms with E-state index < -0.39 is 0 Å². The van der Waals surface area contributed by atoms with Gasteiger partial charge in [-0.25, -0.2) is 4.39 Å². The van der Waals surface area contributed by atoms with Crippen molar-refractivity contribution in [3.63, 3.8) is 0 Å². The molecule has 0 aliphatic rings. The van der Waals surface area contributed by atoms with Crippen LogP contribution in [-0.4, -0.2) is 0 Å². The monoisotopic (exact) mass is 326 g/mol. The molecule has 0 aliphatic heterocycles. The summed E-state index contributed by atoms with van der Waals surface area (Å²) >= 11 is 9.53. The van der Waals surface area contributed by atoms with Crippen LogP contribution in [0.3, 0.4) is 0 Å². The van der Waals surface area contributed by atoms with Gasteiger partial charge in [0.2, 0.25) is 0 Å². The van der Waals surface area contributed by atoms with Crippen LogP contribution in [0.5, 0.6) is 0 Å². The predicted octanol–water partition coefficient (Wildman–Crippen LogP) is 5.42. The van der Waals surface area contributed by atoms with Gasteiger partial charge in [0.15, 0.2) is 0 Å². The zero-order valence-electron chi connectivity index (χ0n) is 9.96. The second kappa shape index (κ2) is 5.85. The van der Waals surface area contributed by atoms with Gasteiger partial charge < -0.3 is 0 Å².